The summed E-state index contributed by atoms with van der Waals surface area (Å²) in [6.07, 6.45) is 7.85. The van der Waals surface area contributed by atoms with Crippen LogP contribution in [0.25, 0.3) is 0 Å². The number of unbranched alkanes of at least 4 members (excludes halogenated alkanes) is 5. The molecule has 0 aliphatic heterocycles. The normalized spacial score (nSPS) is 14.6. The van der Waals surface area contributed by atoms with Crippen molar-refractivity contribution in [3.05, 3.63) is 0 Å². The molecule has 0 spiro atoms. The first-order valence-electron chi connectivity index (χ1n) is 7.22. The lowest BCUT2D eigenvalue weighted by atomic mass is 10.1. The van der Waals surface area contributed by atoms with Gasteiger partial charge in [0, 0.05) is 0 Å². The Bertz CT molecular complexity index is 221. The average molecular weight is 280 g/mol. The fraction of sp³-hybridized carbons (Fsp3) is 1.00. The minimum absolute atomic E-state index is 0.345. The smallest absolute Gasteiger partial charge is 0.287 e. The van der Waals surface area contributed by atoms with Gasteiger partial charge in [0.05, 0.1) is 19.8 Å². The highest BCUT2D eigenvalue weighted by atomic mass is 31.2. The van der Waals surface area contributed by atoms with Crippen LogP contribution >= 0.6 is 7.82 Å². The summed E-state index contributed by atoms with van der Waals surface area (Å²) in [6, 6.07) is 0. The maximum atomic E-state index is 12.0. The predicted molar refractivity (Wildman–Crippen MR) is 74.8 cm³/mol. The second-order valence-corrected chi connectivity index (χ2v) is 5.97. The first-order valence-corrected chi connectivity index (χ1v) is 8.68. The summed E-state index contributed by atoms with van der Waals surface area (Å²) in [7, 11) is -3.30. The Morgan fingerprint density at radius 3 is 1.94 bits per heavy atom. The molecule has 0 heterocycles. The van der Waals surface area contributed by atoms with Gasteiger partial charge >= 0.3 is 7.82 Å². The summed E-state index contributed by atoms with van der Waals surface area (Å²) >= 11 is 0. The molecule has 4 nitrogen and oxygen atoms in total. The number of phosphoric ester groups is 1. The molecule has 0 aromatic heterocycles. The molecule has 0 radical (unpaired) electrons. The molecule has 0 N–H and O–H groups in total. The van der Waals surface area contributed by atoms with Gasteiger partial charge in [-0.2, -0.15) is 0 Å². The lowest BCUT2D eigenvalue weighted by Crippen LogP contribution is -2.02. The quantitative estimate of drug-likeness (QED) is 0.354. The monoisotopic (exact) mass is 280 g/mol. The zero-order valence-electron chi connectivity index (χ0n) is 12.2. The van der Waals surface area contributed by atoms with E-state index in [4.69, 9.17) is 13.6 Å². The van der Waals surface area contributed by atoms with Gasteiger partial charge in [0.15, 0.2) is 0 Å². The standard InChI is InChI=1S/C13H29O4P/c1-4-7-8-9-10-11-13-17-18(14,15-6-3)16-12-5-2/h4-13H2,1-3H3. The Hall–Kier alpha value is 0.110. The van der Waals surface area contributed by atoms with Crippen molar-refractivity contribution in [1.29, 1.82) is 0 Å². The highest BCUT2D eigenvalue weighted by Crippen LogP contribution is 2.49. The molecule has 0 aliphatic rings. The van der Waals surface area contributed by atoms with Crippen LogP contribution in [0.15, 0.2) is 0 Å². The number of phosphoric acid groups is 1. The second kappa shape index (κ2) is 12.2. The molecule has 0 aromatic carbocycles. The molecular weight excluding hydrogens is 251 g/mol. The number of hydrogen-bond donors (Lipinski definition) is 0. The van der Waals surface area contributed by atoms with Crippen LogP contribution in [-0.4, -0.2) is 19.8 Å². The van der Waals surface area contributed by atoms with E-state index < -0.39 is 7.82 Å². The predicted octanol–water partition coefficient (Wildman–Crippen LogP) is 4.93. The van der Waals surface area contributed by atoms with Crippen LogP contribution < -0.4 is 0 Å². The minimum atomic E-state index is -3.30. The van der Waals surface area contributed by atoms with E-state index in [0.29, 0.717) is 19.8 Å². The van der Waals surface area contributed by atoms with Crippen molar-refractivity contribution in [1.82, 2.24) is 0 Å². The Morgan fingerprint density at radius 2 is 1.33 bits per heavy atom. The highest BCUT2D eigenvalue weighted by molar-refractivity contribution is 7.48. The van der Waals surface area contributed by atoms with E-state index in [-0.39, 0.29) is 0 Å². The molecular formula is C13H29O4P. The summed E-state index contributed by atoms with van der Waals surface area (Å²) in [4.78, 5) is 0. The van der Waals surface area contributed by atoms with Gasteiger partial charge in [0.2, 0.25) is 0 Å². The topological polar surface area (TPSA) is 44.8 Å². The molecule has 0 saturated carbocycles. The molecule has 5 heteroatoms. The third-order valence-electron chi connectivity index (χ3n) is 2.49. The van der Waals surface area contributed by atoms with E-state index >= 15 is 0 Å². The number of rotatable bonds is 13. The van der Waals surface area contributed by atoms with Gasteiger partial charge in [-0.3, -0.25) is 13.6 Å². The molecule has 0 bridgehead atoms. The Kier molecular flexibility index (Phi) is 12.2. The van der Waals surface area contributed by atoms with Crippen LogP contribution in [-0.2, 0) is 18.1 Å². The van der Waals surface area contributed by atoms with E-state index in [1.54, 1.807) is 6.92 Å². The van der Waals surface area contributed by atoms with Crippen molar-refractivity contribution in [2.24, 2.45) is 0 Å². The van der Waals surface area contributed by atoms with E-state index in [9.17, 15) is 4.57 Å². The lowest BCUT2D eigenvalue weighted by molar-refractivity contribution is 0.115. The maximum Gasteiger partial charge on any atom is 0.474 e. The molecule has 110 valence electrons. The molecule has 0 saturated heterocycles. The second-order valence-electron chi connectivity index (χ2n) is 4.30. The lowest BCUT2D eigenvalue weighted by Gasteiger charge is -2.16. The van der Waals surface area contributed by atoms with Gasteiger partial charge in [0.25, 0.3) is 0 Å². The van der Waals surface area contributed by atoms with Crippen molar-refractivity contribution < 1.29 is 18.1 Å². The highest BCUT2D eigenvalue weighted by Gasteiger charge is 2.25. The minimum Gasteiger partial charge on any atom is -0.287 e. The third-order valence-corrected chi connectivity index (χ3v) is 4.06. The van der Waals surface area contributed by atoms with E-state index in [1.165, 1.54) is 25.7 Å². The molecule has 0 fully saturated rings. The first kappa shape index (κ1) is 18.1. The summed E-state index contributed by atoms with van der Waals surface area (Å²) in [5.74, 6) is 0. The molecule has 1 unspecified atom stereocenters. The van der Waals surface area contributed by atoms with Crippen molar-refractivity contribution in [2.75, 3.05) is 19.8 Å². The van der Waals surface area contributed by atoms with Gasteiger partial charge in [0.1, 0.15) is 0 Å². The van der Waals surface area contributed by atoms with Gasteiger partial charge in [-0.1, -0.05) is 46.0 Å². The van der Waals surface area contributed by atoms with E-state index in [2.05, 4.69) is 6.92 Å². The average Bonchev–Trinajstić information content (AvgIpc) is 2.36. The van der Waals surface area contributed by atoms with Crippen LogP contribution in [0.4, 0.5) is 0 Å². The first-order chi connectivity index (χ1) is 8.68. The third kappa shape index (κ3) is 10.1. The molecule has 0 amide bonds. The zero-order chi connectivity index (χ0) is 13.7. The van der Waals surface area contributed by atoms with Gasteiger partial charge < -0.3 is 0 Å². The zero-order valence-corrected chi connectivity index (χ0v) is 13.0. The summed E-state index contributed by atoms with van der Waals surface area (Å²) in [5.41, 5.74) is 0. The van der Waals surface area contributed by atoms with Crippen LogP contribution in [0.1, 0.15) is 65.7 Å². The maximum absolute atomic E-state index is 12.0. The Morgan fingerprint density at radius 1 is 0.722 bits per heavy atom. The number of hydrogen-bond acceptors (Lipinski definition) is 4. The van der Waals surface area contributed by atoms with Crippen molar-refractivity contribution >= 4 is 7.82 Å². The molecule has 0 rings (SSSR count). The van der Waals surface area contributed by atoms with Gasteiger partial charge in [-0.05, 0) is 19.8 Å². The fourth-order valence-electron chi connectivity index (χ4n) is 1.53. The van der Waals surface area contributed by atoms with E-state index in [0.717, 1.165) is 19.3 Å². The fourth-order valence-corrected chi connectivity index (χ4v) is 2.83. The molecule has 1 atom stereocenters. The van der Waals surface area contributed by atoms with Crippen molar-refractivity contribution in [3.63, 3.8) is 0 Å². The summed E-state index contributed by atoms with van der Waals surface area (Å²) in [6.45, 7) is 7.16. The van der Waals surface area contributed by atoms with Crippen LogP contribution in [0.3, 0.4) is 0 Å². The van der Waals surface area contributed by atoms with Crippen LogP contribution in [0, 0.1) is 0 Å². The van der Waals surface area contributed by atoms with Crippen molar-refractivity contribution in [3.8, 4) is 0 Å². The largest absolute Gasteiger partial charge is 0.474 e. The molecule has 0 aromatic rings. The molecule has 0 aliphatic carbocycles. The van der Waals surface area contributed by atoms with Gasteiger partial charge in [-0.15, -0.1) is 0 Å². The summed E-state index contributed by atoms with van der Waals surface area (Å²) in [5, 5.41) is 0. The van der Waals surface area contributed by atoms with Gasteiger partial charge in [-0.25, -0.2) is 4.57 Å². The Balaban J connectivity index is 3.66. The molecule has 18 heavy (non-hydrogen) atoms. The Labute approximate surface area is 112 Å². The summed E-state index contributed by atoms with van der Waals surface area (Å²) < 4.78 is 27.6. The SMILES string of the molecule is CCCCCCCCOP(=O)(OCC)OCCC. The van der Waals surface area contributed by atoms with Crippen molar-refractivity contribution in [2.45, 2.75) is 65.7 Å². The van der Waals surface area contributed by atoms with Crippen LogP contribution in [0.2, 0.25) is 0 Å². The van der Waals surface area contributed by atoms with Crippen LogP contribution in [0.5, 0.6) is 0 Å². The van der Waals surface area contributed by atoms with E-state index in [1.807, 2.05) is 6.92 Å².